The molecule has 0 aliphatic heterocycles. The lowest BCUT2D eigenvalue weighted by molar-refractivity contribution is 0.319. The first-order chi connectivity index (χ1) is 10.1. The number of nitrogen functional groups attached to an aromatic ring is 1. The van der Waals surface area contributed by atoms with Crippen LogP contribution >= 0.6 is 0 Å². The molecule has 21 heavy (non-hydrogen) atoms. The minimum Gasteiger partial charge on any atom is -0.491 e. The maximum absolute atomic E-state index is 5.93. The lowest BCUT2D eigenvalue weighted by atomic mass is 10.2. The van der Waals surface area contributed by atoms with Crippen LogP contribution in [0.3, 0.4) is 0 Å². The Morgan fingerprint density at radius 1 is 1.10 bits per heavy atom. The van der Waals surface area contributed by atoms with Gasteiger partial charge in [-0.1, -0.05) is 13.0 Å². The third-order valence-electron chi connectivity index (χ3n) is 3.13. The minimum atomic E-state index is 0.663. The van der Waals surface area contributed by atoms with Crippen molar-refractivity contribution < 1.29 is 4.74 Å². The van der Waals surface area contributed by atoms with Gasteiger partial charge in [-0.2, -0.15) is 0 Å². The predicted molar refractivity (Wildman–Crippen MR) is 90.7 cm³/mol. The average molecular weight is 285 g/mol. The fourth-order valence-electron chi connectivity index (χ4n) is 1.98. The summed E-state index contributed by atoms with van der Waals surface area (Å²) >= 11 is 0. The Morgan fingerprint density at radius 2 is 1.86 bits per heavy atom. The van der Waals surface area contributed by atoms with Gasteiger partial charge in [0.1, 0.15) is 5.75 Å². The molecule has 0 radical (unpaired) electrons. The van der Waals surface area contributed by atoms with Gasteiger partial charge < -0.3 is 20.7 Å². The molecule has 0 unspecified atom stereocenters. The van der Waals surface area contributed by atoms with Gasteiger partial charge in [-0.15, -0.1) is 0 Å². The SMILES string of the molecule is CCCOc1cc(Nc2cccc(N(C)C)c2)ccc1N. The Labute approximate surface area is 126 Å². The smallest absolute Gasteiger partial charge is 0.144 e. The summed E-state index contributed by atoms with van der Waals surface area (Å²) in [7, 11) is 4.05. The highest BCUT2D eigenvalue weighted by atomic mass is 16.5. The fraction of sp³-hybridized carbons (Fsp3) is 0.294. The molecule has 0 saturated carbocycles. The summed E-state index contributed by atoms with van der Waals surface area (Å²) in [5, 5.41) is 3.38. The van der Waals surface area contributed by atoms with Gasteiger partial charge >= 0.3 is 0 Å². The number of nitrogens with zero attached hydrogens (tertiary/aromatic N) is 1. The van der Waals surface area contributed by atoms with Crippen LogP contribution in [0, 0.1) is 0 Å². The van der Waals surface area contributed by atoms with Crippen LogP contribution in [-0.2, 0) is 0 Å². The van der Waals surface area contributed by atoms with E-state index in [4.69, 9.17) is 10.5 Å². The summed E-state index contributed by atoms with van der Waals surface area (Å²) in [6.45, 7) is 2.74. The summed E-state index contributed by atoms with van der Waals surface area (Å²) in [5.41, 5.74) is 9.74. The van der Waals surface area contributed by atoms with Crippen LogP contribution in [0.25, 0.3) is 0 Å². The van der Waals surface area contributed by atoms with E-state index in [-0.39, 0.29) is 0 Å². The van der Waals surface area contributed by atoms with E-state index in [0.717, 1.165) is 29.2 Å². The summed E-state index contributed by atoms with van der Waals surface area (Å²) < 4.78 is 5.65. The van der Waals surface area contributed by atoms with E-state index < -0.39 is 0 Å². The molecule has 4 heteroatoms. The van der Waals surface area contributed by atoms with Crippen molar-refractivity contribution in [3.63, 3.8) is 0 Å². The van der Waals surface area contributed by atoms with Crippen molar-refractivity contribution >= 4 is 22.7 Å². The molecule has 0 heterocycles. The van der Waals surface area contributed by atoms with Crippen molar-refractivity contribution in [2.75, 3.05) is 36.7 Å². The van der Waals surface area contributed by atoms with E-state index in [1.165, 1.54) is 0 Å². The van der Waals surface area contributed by atoms with Gasteiger partial charge in [-0.25, -0.2) is 0 Å². The molecule has 0 fully saturated rings. The first-order valence-corrected chi connectivity index (χ1v) is 7.17. The Morgan fingerprint density at radius 3 is 2.57 bits per heavy atom. The second-order valence-electron chi connectivity index (χ2n) is 5.17. The first-order valence-electron chi connectivity index (χ1n) is 7.17. The molecule has 0 aliphatic carbocycles. The largest absolute Gasteiger partial charge is 0.491 e. The number of ether oxygens (including phenoxy) is 1. The van der Waals surface area contributed by atoms with Gasteiger partial charge in [0.05, 0.1) is 12.3 Å². The Balaban J connectivity index is 2.17. The molecule has 0 saturated heterocycles. The van der Waals surface area contributed by atoms with Crippen molar-refractivity contribution in [2.45, 2.75) is 13.3 Å². The third-order valence-corrected chi connectivity index (χ3v) is 3.13. The van der Waals surface area contributed by atoms with Gasteiger partial charge in [-0.3, -0.25) is 0 Å². The molecule has 2 rings (SSSR count). The van der Waals surface area contributed by atoms with E-state index in [0.29, 0.717) is 12.3 Å². The average Bonchev–Trinajstić information content (AvgIpc) is 2.48. The third kappa shape index (κ3) is 4.05. The van der Waals surface area contributed by atoms with Crippen LogP contribution in [-0.4, -0.2) is 20.7 Å². The zero-order valence-electron chi connectivity index (χ0n) is 12.9. The van der Waals surface area contributed by atoms with Crippen LogP contribution in [0.15, 0.2) is 42.5 Å². The lowest BCUT2D eigenvalue weighted by Gasteiger charge is -2.15. The Hall–Kier alpha value is -2.36. The van der Waals surface area contributed by atoms with Crippen molar-refractivity contribution in [1.82, 2.24) is 0 Å². The molecule has 4 nitrogen and oxygen atoms in total. The van der Waals surface area contributed by atoms with Crippen molar-refractivity contribution in [3.05, 3.63) is 42.5 Å². The van der Waals surface area contributed by atoms with Crippen LogP contribution in [0.5, 0.6) is 5.75 Å². The molecule has 0 spiro atoms. The highest BCUT2D eigenvalue weighted by Crippen LogP contribution is 2.28. The van der Waals surface area contributed by atoms with E-state index in [9.17, 15) is 0 Å². The summed E-state index contributed by atoms with van der Waals surface area (Å²) in [4.78, 5) is 2.07. The molecule has 3 N–H and O–H groups in total. The van der Waals surface area contributed by atoms with E-state index >= 15 is 0 Å². The number of nitrogens with two attached hydrogens (primary N) is 1. The number of nitrogens with one attached hydrogen (secondary N) is 1. The van der Waals surface area contributed by atoms with E-state index in [1.54, 1.807) is 0 Å². The van der Waals surface area contributed by atoms with Gasteiger partial charge in [0.25, 0.3) is 0 Å². The first kappa shape index (κ1) is 15.0. The van der Waals surface area contributed by atoms with Gasteiger partial charge in [0.2, 0.25) is 0 Å². The molecule has 2 aromatic rings. The predicted octanol–water partition coefficient (Wildman–Crippen LogP) is 3.87. The molecular formula is C17H23N3O. The van der Waals surface area contributed by atoms with Crippen molar-refractivity contribution in [2.24, 2.45) is 0 Å². The zero-order valence-corrected chi connectivity index (χ0v) is 12.9. The molecule has 112 valence electrons. The van der Waals surface area contributed by atoms with Gasteiger partial charge in [-0.05, 0) is 36.8 Å². The molecule has 0 aromatic heterocycles. The standard InChI is InChI=1S/C17H23N3O/c1-4-10-21-17-12-14(8-9-16(17)18)19-13-6-5-7-15(11-13)20(2)3/h5-9,11-12,19H,4,10,18H2,1-3H3. The van der Waals surface area contributed by atoms with E-state index in [2.05, 4.69) is 29.3 Å². The number of benzene rings is 2. The Bertz CT molecular complexity index is 596. The quantitative estimate of drug-likeness (QED) is 0.791. The summed E-state index contributed by atoms with van der Waals surface area (Å²) in [6.07, 6.45) is 0.960. The van der Waals surface area contributed by atoms with E-state index in [1.807, 2.05) is 44.4 Å². The van der Waals surface area contributed by atoms with Crippen molar-refractivity contribution in [1.29, 1.82) is 0 Å². The van der Waals surface area contributed by atoms with Crippen LogP contribution in [0.4, 0.5) is 22.7 Å². The highest BCUT2D eigenvalue weighted by molar-refractivity contribution is 5.69. The number of hydrogen-bond acceptors (Lipinski definition) is 4. The second kappa shape index (κ2) is 6.88. The fourth-order valence-corrected chi connectivity index (χ4v) is 1.98. The van der Waals surface area contributed by atoms with Crippen LogP contribution < -0.4 is 20.7 Å². The van der Waals surface area contributed by atoms with Crippen LogP contribution in [0.2, 0.25) is 0 Å². The molecule has 0 bridgehead atoms. The summed E-state index contributed by atoms with van der Waals surface area (Å²) in [5.74, 6) is 0.727. The highest BCUT2D eigenvalue weighted by Gasteiger charge is 2.03. The van der Waals surface area contributed by atoms with Crippen molar-refractivity contribution in [3.8, 4) is 5.75 Å². The molecular weight excluding hydrogens is 262 g/mol. The second-order valence-corrected chi connectivity index (χ2v) is 5.17. The topological polar surface area (TPSA) is 50.5 Å². The zero-order chi connectivity index (χ0) is 15.2. The maximum Gasteiger partial charge on any atom is 0.144 e. The molecule has 0 atom stereocenters. The van der Waals surface area contributed by atoms with Gasteiger partial charge in [0.15, 0.2) is 0 Å². The molecule has 2 aromatic carbocycles. The number of hydrogen-bond donors (Lipinski definition) is 2. The summed E-state index contributed by atoms with van der Waals surface area (Å²) in [6, 6.07) is 14.0. The van der Waals surface area contributed by atoms with Crippen LogP contribution in [0.1, 0.15) is 13.3 Å². The lowest BCUT2D eigenvalue weighted by Crippen LogP contribution is -2.08. The minimum absolute atomic E-state index is 0.663. The monoisotopic (exact) mass is 285 g/mol. The molecule has 0 amide bonds. The number of rotatable bonds is 6. The maximum atomic E-state index is 5.93. The van der Waals surface area contributed by atoms with Gasteiger partial charge in [0, 0.05) is 37.2 Å². The molecule has 0 aliphatic rings. The normalized spacial score (nSPS) is 10.2. The number of anilines is 4. The Kier molecular flexibility index (Phi) is 4.93.